The van der Waals surface area contributed by atoms with Crippen LogP contribution < -0.4 is 10.1 Å². The lowest BCUT2D eigenvalue weighted by Gasteiger charge is -2.31. The zero-order chi connectivity index (χ0) is 23.8. The second-order valence-electron chi connectivity index (χ2n) is 8.39. The van der Waals surface area contributed by atoms with Crippen LogP contribution in [0.3, 0.4) is 0 Å². The number of hydrogen-bond donors (Lipinski definition) is 1. The van der Waals surface area contributed by atoms with Crippen LogP contribution in [0.1, 0.15) is 43.9 Å². The third-order valence-corrected chi connectivity index (χ3v) is 5.84. The van der Waals surface area contributed by atoms with Gasteiger partial charge in [-0.15, -0.1) is 0 Å². The van der Waals surface area contributed by atoms with Gasteiger partial charge in [0.25, 0.3) is 5.91 Å². The van der Waals surface area contributed by atoms with Crippen molar-refractivity contribution in [1.29, 1.82) is 0 Å². The van der Waals surface area contributed by atoms with Gasteiger partial charge in [0.1, 0.15) is 11.8 Å². The molecule has 2 aromatic rings. The number of amides is 2. The Morgan fingerprint density at radius 3 is 2.41 bits per heavy atom. The minimum absolute atomic E-state index is 0.167. The predicted molar refractivity (Wildman–Crippen MR) is 130 cm³/mol. The van der Waals surface area contributed by atoms with Crippen LogP contribution in [-0.2, 0) is 16.1 Å². The molecule has 0 bridgehead atoms. The molecule has 0 spiro atoms. The lowest BCUT2D eigenvalue weighted by atomic mass is 10.1. The van der Waals surface area contributed by atoms with Crippen molar-refractivity contribution >= 4 is 35.0 Å². The second kappa shape index (κ2) is 12.1. The number of rotatable bonds is 10. The molecule has 174 valence electrons. The van der Waals surface area contributed by atoms with Crippen LogP contribution in [0.2, 0.25) is 10.0 Å². The lowest BCUT2D eigenvalue weighted by Crippen LogP contribution is -2.50. The Kier molecular flexibility index (Phi) is 9.85. The summed E-state index contributed by atoms with van der Waals surface area (Å²) in [6, 6.07) is 10.4. The first-order valence-corrected chi connectivity index (χ1v) is 11.6. The van der Waals surface area contributed by atoms with Crippen LogP contribution in [0.25, 0.3) is 0 Å². The zero-order valence-electron chi connectivity index (χ0n) is 19.4. The quantitative estimate of drug-likeness (QED) is 0.485. The average molecular weight is 479 g/mol. The molecular formula is C25H32Cl2N2O3. The number of carbonyl (C=O) groups excluding carboxylic acids is 2. The number of ether oxygens (including phenoxy) is 1. The highest BCUT2D eigenvalue weighted by Crippen LogP contribution is 2.24. The van der Waals surface area contributed by atoms with E-state index in [9.17, 15) is 9.59 Å². The molecule has 0 radical (unpaired) electrons. The molecule has 7 heteroatoms. The van der Waals surface area contributed by atoms with Gasteiger partial charge in [0.15, 0.2) is 6.61 Å². The molecule has 0 fully saturated rings. The van der Waals surface area contributed by atoms with E-state index >= 15 is 0 Å². The van der Waals surface area contributed by atoms with Crippen LogP contribution >= 0.6 is 23.2 Å². The zero-order valence-corrected chi connectivity index (χ0v) is 20.9. The molecule has 0 aromatic heterocycles. The normalized spacial score (nSPS) is 11.9. The SMILES string of the molecule is CC[C@@H](C(=O)NCC(C)C)N(Cc1ccc(Cl)c(Cl)c1)C(=O)COc1cc(C)ccc1C. The summed E-state index contributed by atoms with van der Waals surface area (Å²) in [4.78, 5) is 27.7. The van der Waals surface area contributed by atoms with Crippen LogP contribution in [0.4, 0.5) is 0 Å². The first-order chi connectivity index (χ1) is 15.1. The average Bonchev–Trinajstić information content (AvgIpc) is 2.74. The molecule has 2 amide bonds. The Labute approximate surface area is 201 Å². The Bertz CT molecular complexity index is 947. The fourth-order valence-corrected chi connectivity index (χ4v) is 3.58. The summed E-state index contributed by atoms with van der Waals surface area (Å²) in [5.74, 6) is 0.512. The van der Waals surface area contributed by atoms with E-state index in [1.807, 2.05) is 52.8 Å². The summed E-state index contributed by atoms with van der Waals surface area (Å²) in [5.41, 5.74) is 2.78. The molecule has 0 saturated carbocycles. The largest absolute Gasteiger partial charge is 0.483 e. The van der Waals surface area contributed by atoms with E-state index in [1.54, 1.807) is 23.1 Å². The molecule has 0 saturated heterocycles. The number of benzene rings is 2. The summed E-state index contributed by atoms with van der Waals surface area (Å²) in [6.07, 6.45) is 0.473. The van der Waals surface area contributed by atoms with Gasteiger partial charge < -0.3 is 15.0 Å². The van der Waals surface area contributed by atoms with Gasteiger partial charge >= 0.3 is 0 Å². The third-order valence-electron chi connectivity index (χ3n) is 5.10. The van der Waals surface area contributed by atoms with Gasteiger partial charge in [-0.1, -0.05) is 62.2 Å². The molecule has 1 atom stereocenters. The van der Waals surface area contributed by atoms with Gasteiger partial charge in [0, 0.05) is 13.1 Å². The van der Waals surface area contributed by atoms with Gasteiger partial charge in [0.05, 0.1) is 10.0 Å². The van der Waals surface area contributed by atoms with Crippen LogP contribution in [0.5, 0.6) is 5.75 Å². The van der Waals surface area contributed by atoms with E-state index in [-0.39, 0.29) is 25.0 Å². The highest BCUT2D eigenvalue weighted by atomic mass is 35.5. The third kappa shape index (κ3) is 7.42. The molecule has 2 rings (SSSR count). The Hall–Kier alpha value is -2.24. The fourth-order valence-electron chi connectivity index (χ4n) is 3.26. The fraction of sp³-hybridized carbons (Fsp3) is 0.440. The van der Waals surface area contributed by atoms with Crippen molar-refractivity contribution in [3.05, 3.63) is 63.1 Å². The molecule has 0 heterocycles. The van der Waals surface area contributed by atoms with Crippen LogP contribution in [0, 0.1) is 19.8 Å². The monoisotopic (exact) mass is 478 g/mol. The molecule has 0 aliphatic carbocycles. The van der Waals surface area contributed by atoms with E-state index in [0.717, 1.165) is 16.7 Å². The highest BCUT2D eigenvalue weighted by Gasteiger charge is 2.29. The summed E-state index contributed by atoms with van der Waals surface area (Å²) < 4.78 is 5.84. The number of carbonyl (C=O) groups is 2. The Balaban J connectivity index is 2.26. The molecule has 2 aromatic carbocycles. The summed E-state index contributed by atoms with van der Waals surface area (Å²) in [5, 5.41) is 3.79. The van der Waals surface area contributed by atoms with E-state index < -0.39 is 6.04 Å². The van der Waals surface area contributed by atoms with Gasteiger partial charge in [-0.25, -0.2) is 0 Å². The Morgan fingerprint density at radius 1 is 1.06 bits per heavy atom. The first-order valence-electron chi connectivity index (χ1n) is 10.8. The van der Waals surface area contributed by atoms with Crippen molar-refractivity contribution < 1.29 is 14.3 Å². The smallest absolute Gasteiger partial charge is 0.261 e. The molecular weight excluding hydrogens is 447 g/mol. The van der Waals surface area contributed by atoms with Crippen molar-refractivity contribution in [1.82, 2.24) is 10.2 Å². The second-order valence-corrected chi connectivity index (χ2v) is 9.21. The molecule has 0 unspecified atom stereocenters. The van der Waals surface area contributed by atoms with Crippen LogP contribution in [0.15, 0.2) is 36.4 Å². The number of halogens is 2. The molecule has 0 aliphatic rings. The highest BCUT2D eigenvalue weighted by molar-refractivity contribution is 6.42. The Morgan fingerprint density at radius 2 is 1.78 bits per heavy atom. The number of aryl methyl sites for hydroxylation is 2. The molecule has 32 heavy (non-hydrogen) atoms. The maximum Gasteiger partial charge on any atom is 0.261 e. The van der Waals surface area contributed by atoms with Gasteiger partial charge in [-0.05, 0) is 61.1 Å². The van der Waals surface area contributed by atoms with Crippen molar-refractivity contribution in [2.75, 3.05) is 13.2 Å². The number of hydrogen-bond acceptors (Lipinski definition) is 3. The number of nitrogens with one attached hydrogen (secondary N) is 1. The minimum Gasteiger partial charge on any atom is -0.483 e. The lowest BCUT2D eigenvalue weighted by molar-refractivity contribution is -0.143. The first kappa shape index (κ1) is 26.0. The van der Waals surface area contributed by atoms with E-state index in [1.165, 1.54) is 0 Å². The van der Waals surface area contributed by atoms with Gasteiger partial charge in [-0.2, -0.15) is 0 Å². The summed E-state index contributed by atoms with van der Waals surface area (Å²) in [6.45, 7) is 10.4. The van der Waals surface area contributed by atoms with Crippen LogP contribution in [-0.4, -0.2) is 35.9 Å². The van der Waals surface area contributed by atoms with Gasteiger partial charge in [0.2, 0.25) is 5.91 Å². The van der Waals surface area contributed by atoms with Crippen molar-refractivity contribution in [2.24, 2.45) is 5.92 Å². The maximum atomic E-state index is 13.3. The van der Waals surface area contributed by atoms with E-state index in [2.05, 4.69) is 5.32 Å². The topological polar surface area (TPSA) is 58.6 Å². The van der Waals surface area contributed by atoms with Gasteiger partial charge in [-0.3, -0.25) is 9.59 Å². The summed E-state index contributed by atoms with van der Waals surface area (Å²) >= 11 is 12.2. The molecule has 0 aliphatic heterocycles. The van der Waals surface area contributed by atoms with Crippen molar-refractivity contribution in [3.8, 4) is 5.75 Å². The standard InChI is InChI=1S/C25H32Cl2N2O3/c1-6-22(25(31)28-13-16(2)3)29(14-19-9-10-20(26)21(27)12-19)24(30)15-32-23-11-17(4)7-8-18(23)5/h7-12,16,22H,6,13-15H2,1-5H3,(H,28,31)/t22-/m0/s1. The van der Waals surface area contributed by atoms with Crippen molar-refractivity contribution in [3.63, 3.8) is 0 Å². The number of nitrogens with zero attached hydrogens (tertiary/aromatic N) is 1. The van der Waals surface area contributed by atoms with E-state index in [0.29, 0.717) is 34.7 Å². The maximum absolute atomic E-state index is 13.3. The molecule has 5 nitrogen and oxygen atoms in total. The summed E-state index contributed by atoms with van der Waals surface area (Å²) in [7, 11) is 0. The minimum atomic E-state index is -0.627. The predicted octanol–water partition coefficient (Wildman–Crippen LogP) is 5.57. The van der Waals surface area contributed by atoms with Crippen molar-refractivity contribution in [2.45, 2.75) is 53.6 Å². The molecule has 1 N–H and O–H groups in total. The van der Waals surface area contributed by atoms with E-state index in [4.69, 9.17) is 27.9 Å².